The van der Waals surface area contributed by atoms with Gasteiger partial charge in [-0.3, -0.25) is 4.79 Å². The molecule has 1 aromatic carbocycles. The van der Waals surface area contributed by atoms with Crippen LogP contribution in [0.1, 0.15) is 4.88 Å². The van der Waals surface area contributed by atoms with E-state index in [1.165, 1.54) is 0 Å². The van der Waals surface area contributed by atoms with Crippen LogP contribution in [-0.2, 0) is 11.2 Å². The molecule has 0 atom stereocenters. The highest BCUT2D eigenvalue weighted by Gasteiger charge is 2.09. The van der Waals surface area contributed by atoms with Crippen molar-refractivity contribution < 1.29 is 9.53 Å². The van der Waals surface area contributed by atoms with Crippen molar-refractivity contribution >= 4 is 40.1 Å². The van der Waals surface area contributed by atoms with Gasteiger partial charge in [-0.05, 0) is 23.6 Å². The van der Waals surface area contributed by atoms with Gasteiger partial charge in [0.15, 0.2) is 0 Å². The normalized spacial score (nSPS) is 10.0. The highest BCUT2D eigenvalue weighted by atomic mass is 32.1. The van der Waals surface area contributed by atoms with Crippen LogP contribution < -0.4 is 15.8 Å². The molecule has 104 valence electrons. The Morgan fingerprint density at radius 2 is 2.10 bits per heavy atom. The number of thiophene rings is 1. The molecule has 2 rings (SSSR count). The van der Waals surface area contributed by atoms with Gasteiger partial charge < -0.3 is 15.8 Å². The summed E-state index contributed by atoms with van der Waals surface area (Å²) in [7, 11) is 0. The molecule has 6 heteroatoms. The zero-order valence-corrected chi connectivity index (χ0v) is 12.3. The Bertz CT molecular complexity index is 597. The third-order valence-electron chi connectivity index (χ3n) is 2.45. The fourth-order valence-electron chi connectivity index (χ4n) is 1.61. The van der Waals surface area contributed by atoms with Gasteiger partial charge in [0, 0.05) is 4.88 Å². The average molecular weight is 306 g/mol. The smallest absolute Gasteiger partial charge is 0.229 e. The molecule has 1 amide bonds. The number of nitrogens with two attached hydrogens (primary N) is 1. The first-order valence-electron chi connectivity index (χ1n) is 5.97. The highest BCUT2D eigenvalue weighted by molar-refractivity contribution is 7.80. The van der Waals surface area contributed by atoms with E-state index in [1.54, 1.807) is 23.5 Å². The molecule has 0 saturated heterocycles. The van der Waals surface area contributed by atoms with Crippen molar-refractivity contribution in [3.8, 4) is 5.75 Å². The fourth-order valence-corrected chi connectivity index (χ4v) is 2.37. The Morgan fingerprint density at radius 1 is 1.30 bits per heavy atom. The standard InChI is InChI=1S/C14H14N2O2S2/c15-13(19)9-18-12-6-2-1-5-11(12)16-14(17)8-10-4-3-7-20-10/h1-7H,8-9H2,(H2,15,19)(H,16,17). The summed E-state index contributed by atoms with van der Waals surface area (Å²) in [5, 5.41) is 4.78. The van der Waals surface area contributed by atoms with E-state index in [4.69, 9.17) is 22.7 Å². The molecule has 0 spiro atoms. The molecule has 0 saturated carbocycles. The Kier molecular flexibility index (Phi) is 5.09. The number of amides is 1. The van der Waals surface area contributed by atoms with Crippen LogP contribution in [-0.4, -0.2) is 17.5 Å². The second kappa shape index (κ2) is 7.02. The van der Waals surface area contributed by atoms with Crippen LogP contribution in [0.15, 0.2) is 41.8 Å². The quantitative estimate of drug-likeness (QED) is 0.805. The van der Waals surface area contributed by atoms with Gasteiger partial charge in [-0.15, -0.1) is 11.3 Å². The van der Waals surface area contributed by atoms with Crippen molar-refractivity contribution in [1.82, 2.24) is 0 Å². The van der Waals surface area contributed by atoms with Crippen LogP contribution in [0.5, 0.6) is 5.75 Å². The average Bonchev–Trinajstić information content (AvgIpc) is 2.90. The number of hydrogen-bond acceptors (Lipinski definition) is 4. The third kappa shape index (κ3) is 4.32. The van der Waals surface area contributed by atoms with E-state index < -0.39 is 0 Å². The van der Waals surface area contributed by atoms with Crippen LogP contribution in [0.3, 0.4) is 0 Å². The Labute approximate surface area is 126 Å². The van der Waals surface area contributed by atoms with Crippen molar-refractivity contribution in [2.45, 2.75) is 6.42 Å². The molecule has 0 fully saturated rings. The highest BCUT2D eigenvalue weighted by Crippen LogP contribution is 2.24. The first kappa shape index (κ1) is 14.5. The van der Waals surface area contributed by atoms with Crippen LogP contribution >= 0.6 is 23.6 Å². The number of thiocarbonyl (C=S) groups is 1. The summed E-state index contributed by atoms with van der Waals surface area (Å²) in [5.41, 5.74) is 6.02. The molecule has 0 bridgehead atoms. The lowest BCUT2D eigenvalue weighted by Gasteiger charge is -2.11. The van der Waals surface area contributed by atoms with Crippen molar-refractivity contribution in [1.29, 1.82) is 0 Å². The second-order valence-corrected chi connectivity index (χ2v) is 5.61. The van der Waals surface area contributed by atoms with Gasteiger partial charge in [0.2, 0.25) is 5.91 Å². The monoisotopic (exact) mass is 306 g/mol. The first-order valence-corrected chi connectivity index (χ1v) is 7.26. The summed E-state index contributed by atoms with van der Waals surface area (Å²) in [4.78, 5) is 13.2. The number of rotatable bonds is 6. The van der Waals surface area contributed by atoms with Gasteiger partial charge in [-0.25, -0.2) is 0 Å². The summed E-state index contributed by atoms with van der Waals surface area (Å²) in [6, 6.07) is 11.0. The van der Waals surface area contributed by atoms with Crippen molar-refractivity contribution in [2.24, 2.45) is 5.73 Å². The Balaban J connectivity index is 2.01. The summed E-state index contributed by atoms with van der Waals surface area (Å²) in [6.07, 6.45) is 0.349. The summed E-state index contributed by atoms with van der Waals surface area (Å²) in [6.45, 7) is 0.146. The minimum Gasteiger partial charge on any atom is -0.484 e. The predicted octanol–water partition coefficient (Wildman–Crippen LogP) is 2.59. The summed E-state index contributed by atoms with van der Waals surface area (Å²) in [5.74, 6) is 0.471. The van der Waals surface area contributed by atoms with Crippen LogP contribution in [0, 0.1) is 0 Å². The van der Waals surface area contributed by atoms with Crippen LogP contribution in [0.25, 0.3) is 0 Å². The van der Waals surface area contributed by atoms with Gasteiger partial charge in [0.1, 0.15) is 17.3 Å². The number of carbonyl (C=O) groups excluding carboxylic acids is 1. The molecule has 0 aliphatic carbocycles. The summed E-state index contributed by atoms with van der Waals surface area (Å²) < 4.78 is 5.46. The SMILES string of the molecule is NC(=S)COc1ccccc1NC(=O)Cc1cccs1. The molecular weight excluding hydrogens is 292 g/mol. The van der Waals surface area contributed by atoms with Crippen LogP contribution in [0.4, 0.5) is 5.69 Å². The number of ether oxygens (including phenoxy) is 1. The van der Waals surface area contributed by atoms with Gasteiger partial charge in [-0.2, -0.15) is 0 Å². The Hall–Kier alpha value is -1.92. The molecule has 0 radical (unpaired) electrons. The number of anilines is 1. The van der Waals surface area contributed by atoms with E-state index in [1.807, 2.05) is 29.6 Å². The molecule has 1 heterocycles. The lowest BCUT2D eigenvalue weighted by molar-refractivity contribution is -0.115. The molecule has 0 aliphatic heterocycles. The maximum Gasteiger partial charge on any atom is 0.229 e. The number of nitrogens with one attached hydrogen (secondary N) is 1. The molecule has 0 aliphatic rings. The zero-order chi connectivity index (χ0) is 14.4. The number of benzene rings is 1. The molecule has 2 aromatic rings. The van der Waals surface area contributed by atoms with Gasteiger partial charge in [0.25, 0.3) is 0 Å². The maximum absolute atomic E-state index is 12.0. The van der Waals surface area contributed by atoms with E-state index in [0.29, 0.717) is 17.9 Å². The largest absolute Gasteiger partial charge is 0.484 e. The van der Waals surface area contributed by atoms with Gasteiger partial charge >= 0.3 is 0 Å². The van der Waals surface area contributed by atoms with E-state index >= 15 is 0 Å². The first-order chi connectivity index (χ1) is 9.65. The molecule has 0 unspecified atom stereocenters. The topological polar surface area (TPSA) is 64.3 Å². The Morgan fingerprint density at radius 3 is 2.80 bits per heavy atom. The van der Waals surface area contributed by atoms with Crippen molar-refractivity contribution in [3.63, 3.8) is 0 Å². The third-order valence-corrected chi connectivity index (χ3v) is 3.44. The van der Waals surface area contributed by atoms with Gasteiger partial charge in [0.05, 0.1) is 12.1 Å². The van der Waals surface area contributed by atoms with E-state index in [0.717, 1.165) is 4.88 Å². The van der Waals surface area contributed by atoms with Crippen molar-refractivity contribution in [3.05, 3.63) is 46.7 Å². The zero-order valence-electron chi connectivity index (χ0n) is 10.7. The predicted molar refractivity (Wildman–Crippen MR) is 85.4 cm³/mol. The summed E-state index contributed by atoms with van der Waals surface area (Å²) >= 11 is 6.32. The van der Waals surface area contributed by atoms with E-state index in [9.17, 15) is 4.79 Å². The van der Waals surface area contributed by atoms with E-state index in [-0.39, 0.29) is 17.5 Å². The van der Waals surface area contributed by atoms with Crippen molar-refractivity contribution in [2.75, 3.05) is 11.9 Å². The van der Waals surface area contributed by atoms with E-state index in [2.05, 4.69) is 5.32 Å². The minimum absolute atomic E-state index is 0.0844. The minimum atomic E-state index is -0.0844. The number of para-hydroxylation sites is 2. The van der Waals surface area contributed by atoms with Crippen LogP contribution in [0.2, 0.25) is 0 Å². The molecule has 20 heavy (non-hydrogen) atoms. The maximum atomic E-state index is 12.0. The lowest BCUT2D eigenvalue weighted by atomic mass is 10.2. The second-order valence-electron chi connectivity index (χ2n) is 4.06. The molecular formula is C14H14N2O2S2. The van der Waals surface area contributed by atoms with Gasteiger partial charge in [-0.1, -0.05) is 30.4 Å². The number of hydrogen-bond donors (Lipinski definition) is 2. The number of carbonyl (C=O) groups is 1. The molecule has 3 N–H and O–H groups in total. The molecule has 4 nitrogen and oxygen atoms in total. The lowest BCUT2D eigenvalue weighted by Crippen LogP contribution is -2.19. The molecule has 1 aromatic heterocycles. The fraction of sp³-hybridized carbons (Fsp3) is 0.143.